The van der Waals surface area contributed by atoms with Gasteiger partial charge in [0.1, 0.15) is 20.8 Å². The van der Waals surface area contributed by atoms with E-state index in [4.69, 9.17) is 9.47 Å². The van der Waals surface area contributed by atoms with E-state index in [-0.39, 0.29) is 39.8 Å². The minimum atomic E-state index is -1.28. The van der Waals surface area contributed by atoms with Crippen molar-refractivity contribution in [1.29, 1.82) is 0 Å². The van der Waals surface area contributed by atoms with E-state index in [0.717, 1.165) is 17.1 Å². The fraction of sp³-hybridized carbons (Fsp3) is 1.00. The van der Waals surface area contributed by atoms with E-state index in [1.165, 1.54) is 0 Å². The van der Waals surface area contributed by atoms with Gasteiger partial charge >= 0.3 is 0 Å². The summed E-state index contributed by atoms with van der Waals surface area (Å²) in [7, 11) is 24.1. The summed E-state index contributed by atoms with van der Waals surface area (Å²) in [4.78, 5) is 0. The standard InChI is InChI=1S/C9H25N3P.C6H18N3P.C5H12O2.C3H7I.CH4.HI/c1-9(2)13(10(3)4,11(5)6)12(7)8;1-7(2)10(8(3)4)9(5)6;1-3-6-5-7-4-2;1-3(2)4;;/h9H,1-8H3;1-6H3;3-5H2,1-2H3;3H,1-2H3;1H4;1H/q+1;;;;;/p-1. The van der Waals surface area contributed by atoms with Crippen molar-refractivity contribution >= 4 is 38.7 Å². The first-order chi connectivity index (χ1) is 15.4. The largest absolute Gasteiger partial charge is 1.00 e. The Bertz CT molecular complexity index is 372. The Morgan fingerprint density at radius 2 is 0.861 bits per heavy atom. The van der Waals surface area contributed by atoms with Gasteiger partial charge in [-0.3, -0.25) is 14.0 Å². The second kappa shape index (κ2) is 30.0. The fourth-order valence-corrected chi connectivity index (χ4v) is 10.8. The van der Waals surface area contributed by atoms with Crippen LogP contribution in [0, 0.1) is 0 Å². The van der Waals surface area contributed by atoms with Gasteiger partial charge in [0, 0.05) is 59.4 Å². The Hall–Kier alpha value is 2.00. The van der Waals surface area contributed by atoms with Crippen LogP contribution in [-0.2, 0) is 9.47 Å². The molecule has 12 heteroatoms. The first-order valence-corrected chi connectivity index (χ1v) is 16.1. The van der Waals surface area contributed by atoms with Crippen LogP contribution in [0.3, 0.4) is 0 Å². The highest BCUT2D eigenvalue weighted by atomic mass is 127. The molecule has 0 fully saturated rings. The molecule has 0 rings (SSSR count). The van der Waals surface area contributed by atoms with Crippen molar-refractivity contribution < 1.29 is 33.5 Å². The van der Waals surface area contributed by atoms with Gasteiger partial charge in [-0.1, -0.05) is 43.9 Å². The van der Waals surface area contributed by atoms with Crippen LogP contribution in [0.5, 0.6) is 0 Å². The molecule has 0 aromatic carbocycles. The van der Waals surface area contributed by atoms with Gasteiger partial charge in [0.25, 0.3) is 0 Å². The van der Waals surface area contributed by atoms with Crippen molar-refractivity contribution in [2.75, 3.05) is 105 Å². The van der Waals surface area contributed by atoms with Crippen LogP contribution >= 0.6 is 38.7 Å². The van der Waals surface area contributed by atoms with Crippen LogP contribution in [0.15, 0.2) is 0 Å². The molecule has 0 aliphatic rings. The van der Waals surface area contributed by atoms with Gasteiger partial charge in [0.15, 0.2) is 0 Å². The molecule has 0 aliphatic heterocycles. The highest BCUT2D eigenvalue weighted by Crippen LogP contribution is 2.67. The van der Waals surface area contributed by atoms with Crippen molar-refractivity contribution in [3.8, 4) is 0 Å². The molecule has 0 N–H and O–H groups in total. The summed E-state index contributed by atoms with van der Waals surface area (Å²) < 4.78 is 24.3. The minimum absolute atomic E-state index is 0. The van der Waals surface area contributed by atoms with Crippen LogP contribution in [0.25, 0.3) is 0 Å². The van der Waals surface area contributed by atoms with Gasteiger partial charge < -0.3 is 33.5 Å². The number of nitrogens with zero attached hydrogens (tertiary/aromatic N) is 6. The quantitative estimate of drug-likeness (QED) is 0.104. The van der Waals surface area contributed by atoms with E-state index in [2.05, 4.69) is 163 Å². The zero-order chi connectivity index (χ0) is 28.2. The molecule has 0 bridgehead atoms. The molecule has 0 saturated heterocycles. The first kappa shape index (κ1) is 50.8. The van der Waals surface area contributed by atoms with E-state index in [9.17, 15) is 0 Å². The van der Waals surface area contributed by atoms with Gasteiger partial charge in [0.2, 0.25) is 7.71 Å². The molecule has 0 aliphatic carbocycles. The van der Waals surface area contributed by atoms with Crippen molar-refractivity contribution in [2.24, 2.45) is 0 Å². The van der Waals surface area contributed by atoms with Crippen molar-refractivity contribution in [3.63, 3.8) is 0 Å². The molecule has 0 unspecified atom stereocenters. The van der Waals surface area contributed by atoms with E-state index in [1.807, 2.05) is 13.8 Å². The Kier molecular flexibility index (Phi) is 42.3. The molecular weight excluding hydrogens is 720 g/mol. The maximum Gasteiger partial charge on any atom is 0.228 e. The molecule has 0 spiro atoms. The molecule has 0 radical (unpaired) electrons. The lowest BCUT2D eigenvalue weighted by Gasteiger charge is -2.42. The molecule has 228 valence electrons. The summed E-state index contributed by atoms with van der Waals surface area (Å²) in [5, 5.41) is 0. The second-order valence-electron chi connectivity index (χ2n) is 9.18. The maximum absolute atomic E-state index is 4.85. The fourth-order valence-electron chi connectivity index (χ4n) is 3.76. The van der Waals surface area contributed by atoms with Crippen LogP contribution < -0.4 is 24.0 Å². The van der Waals surface area contributed by atoms with E-state index >= 15 is 0 Å². The second-order valence-corrected chi connectivity index (χ2v) is 19.3. The summed E-state index contributed by atoms with van der Waals surface area (Å²) in [6, 6.07) is 0. The average Bonchev–Trinajstić information content (AvgIpc) is 2.60. The summed E-state index contributed by atoms with van der Waals surface area (Å²) in [5.74, 6) is 0. The highest BCUT2D eigenvalue weighted by molar-refractivity contribution is 14.1. The number of hydrogen-bond donors (Lipinski definition) is 0. The lowest BCUT2D eigenvalue weighted by Crippen LogP contribution is -3.00. The zero-order valence-corrected chi connectivity index (χ0v) is 32.5. The summed E-state index contributed by atoms with van der Waals surface area (Å²) in [6.45, 7) is 14.7. The predicted molar refractivity (Wildman–Crippen MR) is 175 cm³/mol. The van der Waals surface area contributed by atoms with Gasteiger partial charge in [-0.05, 0) is 70.0 Å². The first-order valence-electron chi connectivity index (χ1n) is 11.9. The lowest BCUT2D eigenvalue weighted by molar-refractivity contribution is -0.0445. The molecule has 0 saturated carbocycles. The van der Waals surface area contributed by atoms with Crippen LogP contribution in [0.2, 0.25) is 0 Å². The van der Waals surface area contributed by atoms with E-state index in [1.54, 1.807) is 0 Å². The Morgan fingerprint density at radius 1 is 0.639 bits per heavy atom. The van der Waals surface area contributed by atoms with Crippen molar-refractivity contribution in [3.05, 3.63) is 0 Å². The Labute approximate surface area is 261 Å². The maximum atomic E-state index is 4.85. The summed E-state index contributed by atoms with van der Waals surface area (Å²) in [5.41, 5.74) is 0.660. The van der Waals surface area contributed by atoms with Crippen LogP contribution in [0.4, 0.5) is 0 Å². The van der Waals surface area contributed by atoms with Gasteiger partial charge in [-0.25, -0.2) is 0 Å². The van der Waals surface area contributed by atoms with Gasteiger partial charge in [-0.15, -0.1) is 0 Å². The highest BCUT2D eigenvalue weighted by Gasteiger charge is 2.50. The molecule has 0 aromatic heterocycles. The zero-order valence-electron chi connectivity index (χ0n) is 26.4. The number of hydrogen-bond acceptors (Lipinski definition) is 8. The smallest absolute Gasteiger partial charge is 0.228 e. The molecule has 0 amide bonds. The van der Waals surface area contributed by atoms with Crippen LogP contribution in [0.1, 0.15) is 49.0 Å². The molecule has 36 heavy (non-hydrogen) atoms. The molecule has 0 heterocycles. The lowest BCUT2D eigenvalue weighted by atomic mass is 10.6. The summed E-state index contributed by atoms with van der Waals surface area (Å²) >= 11 is 2.34. The Morgan fingerprint density at radius 3 is 0.917 bits per heavy atom. The Balaban J connectivity index is -0.0000000876. The third-order valence-corrected chi connectivity index (χ3v) is 11.2. The third kappa shape index (κ3) is 25.0. The van der Waals surface area contributed by atoms with E-state index < -0.39 is 7.71 Å². The number of ether oxygens (including phenoxy) is 2. The van der Waals surface area contributed by atoms with Crippen molar-refractivity contribution in [2.45, 2.75) is 58.6 Å². The molecule has 8 nitrogen and oxygen atoms in total. The SMILES string of the molecule is C.CC(C)I.CC(C)[P+](N(C)C)(N(C)C)N(C)C.CCOCOCC.CN(C)P(N(C)C)N(C)C.[I-]. The monoisotopic (exact) mass is 786 g/mol. The number of alkyl halides is 1. The normalized spacial score (nSPS) is 11.3. The van der Waals surface area contributed by atoms with Crippen LogP contribution in [-0.4, -0.2) is 142 Å². The summed E-state index contributed by atoms with van der Waals surface area (Å²) in [6.07, 6.45) is 0. The topological polar surface area (TPSA) is 37.9 Å². The van der Waals surface area contributed by atoms with Gasteiger partial charge in [0.05, 0.1) is 0 Å². The number of rotatable bonds is 11. The molecule has 0 atom stereocenters. The average molecular weight is 787 g/mol. The van der Waals surface area contributed by atoms with E-state index in [0.29, 0.717) is 12.5 Å². The minimum Gasteiger partial charge on any atom is -1.00 e. The number of halogens is 2. The van der Waals surface area contributed by atoms with Gasteiger partial charge in [-0.2, -0.15) is 14.0 Å². The predicted octanol–water partition coefficient (Wildman–Crippen LogP) is 3.23. The molecule has 0 aromatic rings. The molecular formula is C24H66I2N6O2P2. The van der Waals surface area contributed by atoms with Crippen molar-refractivity contribution in [1.82, 2.24) is 28.0 Å². The third-order valence-electron chi connectivity index (χ3n) is 4.11.